The van der Waals surface area contributed by atoms with Gasteiger partial charge in [0.15, 0.2) is 5.11 Å². The molecule has 0 aromatic heterocycles. The zero-order valence-electron chi connectivity index (χ0n) is 11.8. The van der Waals surface area contributed by atoms with Crippen LogP contribution in [0.25, 0.3) is 6.08 Å². The summed E-state index contributed by atoms with van der Waals surface area (Å²) in [5.41, 5.74) is 3.30. The summed E-state index contributed by atoms with van der Waals surface area (Å²) in [4.78, 5) is 14.1. The number of benzene rings is 2. The maximum absolute atomic E-state index is 12.6. The van der Waals surface area contributed by atoms with Crippen LogP contribution in [0.3, 0.4) is 0 Å². The molecule has 0 atom stereocenters. The van der Waals surface area contributed by atoms with Gasteiger partial charge in [-0.25, -0.2) is 0 Å². The molecule has 2 aromatic rings. The number of anilines is 1. The van der Waals surface area contributed by atoms with Crippen molar-refractivity contribution in [3.63, 3.8) is 0 Å². The van der Waals surface area contributed by atoms with Gasteiger partial charge >= 0.3 is 0 Å². The minimum Gasteiger partial charge on any atom is -0.327 e. The van der Waals surface area contributed by atoms with Crippen LogP contribution in [-0.2, 0) is 4.79 Å². The first-order chi connectivity index (χ1) is 10.6. The number of aryl methyl sites for hydroxylation is 1. The van der Waals surface area contributed by atoms with Gasteiger partial charge in [-0.1, -0.05) is 51.8 Å². The second kappa shape index (κ2) is 6.02. The van der Waals surface area contributed by atoms with Crippen molar-refractivity contribution >= 4 is 50.9 Å². The maximum Gasteiger partial charge on any atom is 0.281 e. The number of carbonyl (C=O) groups is 1. The van der Waals surface area contributed by atoms with Crippen molar-refractivity contribution in [3.8, 4) is 0 Å². The minimum atomic E-state index is -0.149. The summed E-state index contributed by atoms with van der Waals surface area (Å²) in [7, 11) is 0. The normalized spacial score (nSPS) is 16.3. The van der Waals surface area contributed by atoms with E-state index in [2.05, 4.69) is 21.2 Å². The van der Waals surface area contributed by atoms with Crippen LogP contribution in [0.15, 0.2) is 58.7 Å². The number of nitrogens with one attached hydrogen (secondary N) is 1. The zero-order chi connectivity index (χ0) is 15.7. The van der Waals surface area contributed by atoms with Crippen LogP contribution in [0.2, 0.25) is 0 Å². The second-order valence-electron chi connectivity index (χ2n) is 4.99. The molecule has 1 heterocycles. The number of amides is 1. The lowest BCUT2D eigenvalue weighted by atomic mass is 10.2. The predicted molar refractivity (Wildman–Crippen MR) is 96.5 cm³/mol. The standard InChI is InChI=1S/C17H13BrN2OS/c1-11-6-8-13(9-7-11)20-16(21)15(19-17(20)22)10-12-4-2-3-5-14(12)18/h2-10H,1H3,(H,19,22)/b15-10+. The van der Waals surface area contributed by atoms with Gasteiger partial charge in [-0.2, -0.15) is 0 Å². The summed E-state index contributed by atoms with van der Waals surface area (Å²) in [6.07, 6.45) is 1.80. The summed E-state index contributed by atoms with van der Waals surface area (Å²) < 4.78 is 0.928. The molecule has 0 aliphatic carbocycles. The van der Waals surface area contributed by atoms with Crippen LogP contribution < -0.4 is 10.2 Å². The first-order valence-corrected chi connectivity index (χ1v) is 7.95. The lowest BCUT2D eigenvalue weighted by molar-refractivity contribution is -0.113. The Morgan fingerprint density at radius 3 is 2.50 bits per heavy atom. The number of rotatable bonds is 2. The van der Waals surface area contributed by atoms with Gasteiger partial charge in [-0.3, -0.25) is 9.69 Å². The summed E-state index contributed by atoms with van der Waals surface area (Å²) >= 11 is 8.78. The van der Waals surface area contributed by atoms with E-state index in [9.17, 15) is 4.79 Å². The fraction of sp³-hybridized carbons (Fsp3) is 0.0588. The maximum atomic E-state index is 12.6. The van der Waals surface area contributed by atoms with Gasteiger partial charge in [-0.15, -0.1) is 0 Å². The fourth-order valence-corrected chi connectivity index (χ4v) is 2.91. The molecule has 0 saturated carbocycles. The van der Waals surface area contributed by atoms with E-state index in [-0.39, 0.29) is 5.91 Å². The molecule has 1 aliphatic heterocycles. The number of hydrogen-bond donors (Lipinski definition) is 1. The van der Waals surface area contributed by atoms with Crippen molar-refractivity contribution < 1.29 is 4.79 Å². The first-order valence-electron chi connectivity index (χ1n) is 6.74. The van der Waals surface area contributed by atoms with Gasteiger partial charge in [0, 0.05) is 4.47 Å². The molecule has 110 valence electrons. The smallest absolute Gasteiger partial charge is 0.281 e. The molecule has 1 fully saturated rings. The van der Waals surface area contributed by atoms with Crippen LogP contribution in [0, 0.1) is 6.92 Å². The van der Waals surface area contributed by atoms with Gasteiger partial charge in [0.05, 0.1) is 5.69 Å². The van der Waals surface area contributed by atoms with Crippen LogP contribution in [0.4, 0.5) is 5.69 Å². The van der Waals surface area contributed by atoms with E-state index in [4.69, 9.17) is 12.2 Å². The van der Waals surface area contributed by atoms with E-state index in [0.29, 0.717) is 10.8 Å². The molecular weight excluding hydrogens is 360 g/mol. The third-order valence-corrected chi connectivity index (χ3v) is 4.38. The molecule has 1 amide bonds. The van der Waals surface area contributed by atoms with Crippen molar-refractivity contribution in [1.82, 2.24) is 5.32 Å². The minimum absolute atomic E-state index is 0.149. The van der Waals surface area contributed by atoms with Gasteiger partial charge in [0.1, 0.15) is 5.70 Å². The number of thiocarbonyl (C=S) groups is 1. The van der Waals surface area contributed by atoms with Crippen LogP contribution in [0.1, 0.15) is 11.1 Å². The Kier molecular flexibility index (Phi) is 4.09. The highest BCUT2D eigenvalue weighted by molar-refractivity contribution is 9.10. The highest BCUT2D eigenvalue weighted by atomic mass is 79.9. The third-order valence-electron chi connectivity index (χ3n) is 3.38. The molecule has 3 rings (SSSR count). The van der Waals surface area contributed by atoms with Gasteiger partial charge in [0.2, 0.25) is 0 Å². The molecule has 5 heteroatoms. The Labute approximate surface area is 142 Å². The van der Waals surface area contributed by atoms with Crippen LogP contribution in [-0.4, -0.2) is 11.0 Å². The van der Waals surface area contributed by atoms with E-state index in [1.807, 2.05) is 55.5 Å². The summed E-state index contributed by atoms with van der Waals surface area (Å²) in [5, 5.41) is 3.39. The highest BCUT2D eigenvalue weighted by Gasteiger charge is 2.31. The molecule has 0 spiro atoms. The Hall–Kier alpha value is -1.98. The van der Waals surface area contributed by atoms with Crippen molar-refractivity contribution in [3.05, 3.63) is 69.8 Å². The SMILES string of the molecule is Cc1ccc(N2C(=O)/C(=C\c3ccccc3Br)NC2=S)cc1. The van der Waals surface area contributed by atoms with E-state index in [1.165, 1.54) is 4.90 Å². The fourth-order valence-electron chi connectivity index (χ4n) is 2.21. The lowest BCUT2D eigenvalue weighted by Crippen LogP contribution is -2.30. The van der Waals surface area contributed by atoms with Gasteiger partial charge < -0.3 is 5.32 Å². The van der Waals surface area contributed by atoms with Crippen LogP contribution in [0.5, 0.6) is 0 Å². The lowest BCUT2D eigenvalue weighted by Gasteiger charge is -2.13. The van der Waals surface area contributed by atoms with Gasteiger partial charge in [0.25, 0.3) is 5.91 Å². The number of nitrogens with zero attached hydrogens (tertiary/aromatic N) is 1. The Bertz CT molecular complexity index is 784. The highest BCUT2D eigenvalue weighted by Crippen LogP contribution is 2.24. The quantitative estimate of drug-likeness (QED) is 0.638. The summed E-state index contributed by atoms with van der Waals surface area (Å²) in [6.45, 7) is 2.00. The molecule has 0 unspecified atom stereocenters. The Balaban J connectivity index is 1.95. The number of hydrogen-bond acceptors (Lipinski definition) is 2. The number of halogens is 1. The molecule has 3 nitrogen and oxygen atoms in total. The van der Waals surface area contributed by atoms with Crippen molar-refractivity contribution in [1.29, 1.82) is 0 Å². The van der Waals surface area contributed by atoms with E-state index in [1.54, 1.807) is 6.08 Å². The van der Waals surface area contributed by atoms with Gasteiger partial charge in [-0.05, 0) is 49.0 Å². The largest absolute Gasteiger partial charge is 0.327 e. The summed E-state index contributed by atoms with van der Waals surface area (Å²) in [5.74, 6) is -0.149. The average molecular weight is 373 g/mol. The zero-order valence-corrected chi connectivity index (χ0v) is 14.2. The Morgan fingerprint density at radius 2 is 1.82 bits per heavy atom. The number of carbonyl (C=O) groups excluding carboxylic acids is 1. The summed E-state index contributed by atoms with van der Waals surface area (Å²) in [6, 6.07) is 15.4. The third kappa shape index (κ3) is 2.82. The predicted octanol–water partition coefficient (Wildman–Crippen LogP) is 4.02. The van der Waals surface area contributed by atoms with Crippen molar-refractivity contribution in [2.24, 2.45) is 0 Å². The van der Waals surface area contributed by atoms with E-state index < -0.39 is 0 Å². The molecule has 0 bridgehead atoms. The van der Waals surface area contributed by atoms with E-state index in [0.717, 1.165) is 21.3 Å². The topological polar surface area (TPSA) is 32.3 Å². The monoisotopic (exact) mass is 372 g/mol. The van der Waals surface area contributed by atoms with Crippen molar-refractivity contribution in [2.75, 3.05) is 4.90 Å². The average Bonchev–Trinajstić information content (AvgIpc) is 2.77. The molecule has 2 aromatic carbocycles. The molecular formula is C17H13BrN2OS. The molecule has 1 aliphatic rings. The molecule has 1 saturated heterocycles. The Morgan fingerprint density at radius 1 is 1.14 bits per heavy atom. The second-order valence-corrected chi connectivity index (χ2v) is 6.23. The van der Waals surface area contributed by atoms with Crippen molar-refractivity contribution in [2.45, 2.75) is 6.92 Å². The molecule has 22 heavy (non-hydrogen) atoms. The van der Waals surface area contributed by atoms with E-state index >= 15 is 0 Å². The first kappa shape index (κ1) is 14.9. The molecule has 1 N–H and O–H groups in total. The molecule has 0 radical (unpaired) electrons. The van der Waals surface area contributed by atoms with Crippen LogP contribution >= 0.6 is 28.1 Å².